The van der Waals surface area contributed by atoms with Gasteiger partial charge in [0.25, 0.3) is 0 Å². The number of nitrogens with one attached hydrogen (secondary N) is 1. The Balaban J connectivity index is 2.27. The van der Waals surface area contributed by atoms with E-state index in [0.29, 0.717) is 5.96 Å². The molecule has 5 nitrogen and oxygen atoms in total. The molecule has 0 unspecified atom stereocenters. The standard InChI is InChI=1S/C14H15N5/c15-13(16)19-14(17-11-7-3-1-4-8-11)18-12-9-5-2-6-10-12/h1-10H,(H5,15,16,17,18,19). The first-order valence-electron chi connectivity index (χ1n) is 5.79. The molecule has 0 fully saturated rings. The predicted molar refractivity (Wildman–Crippen MR) is 79.4 cm³/mol. The zero-order chi connectivity index (χ0) is 13.5. The third-order valence-electron chi connectivity index (χ3n) is 2.26. The number of nitrogens with zero attached hydrogens (tertiary/aromatic N) is 2. The van der Waals surface area contributed by atoms with E-state index in [9.17, 15) is 0 Å². The van der Waals surface area contributed by atoms with Gasteiger partial charge in [0.05, 0.1) is 5.69 Å². The lowest BCUT2D eigenvalue weighted by molar-refractivity contribution is 1.40. The summed E-state index contributed by atoms with van der Waals surface area (Å²) >= 11 is 0. The van der Waals surface area contributed by atoms with Gasteiger partial charge in [-0.1, -0.05) is 36.4 Å². The van der Waals surface area contributed by atoms with Gasteiger partial charge in [0.1, 0.15) is 0 Å². The monoisotopic (exact) mass is 253 g/mol. The zero-order valence-electron chi connectivity index (χ0n) is 10.3. The summed E-state index contributed by atoms with van der Waals surface area (Å²) in [5.74, 6) is 0.301. The van der Waals surface area contributed by atoms with Crippen LogP contribution in [0.2, 0.25) is 0 Å². The fourth-order valence-corrected chi connectivity index (χ4v) is 1.48. The molecular weight excluding hydrogens is 238 g/mol. The van der Waals surface area contributed by atoms with E-state index in [1.807, 2.05) is 60.7 Å². The number of hydrogen-bond donors (Lipinski definition) is 3. The molecule has 96 valence electrons. The van der Waals surface area contributed by atoms with E-state index < -0.39 is 0 Å². The summed E-state index contributed by atoms with van der Waals surface area (Å²) in [6.07, 6.45) is 0. The van der Waals surface area contributed by atoms with Crippen LogP contribution in [0.1, 0.15) is 0 Å². The van der Waals surface area contributed by atoms with Gasteiger partial charge in [-0.2, -0.15) is 4.99 Å². The average Bonchev–Trinajstić information content (AvgIpc) is 2.40. The molecule has 2 aromatic rings. The van der Waals surface area contributed by atoms with Crippen LogP contribution in [0.4, 0.5) is 11.4 Å². The van der Waals surface area contributed by atoms with Crippen molar-refractivity contribution >= 4 is 23.3 Å². The fraction of sp³-hybridized carbons (Fsp3) is 0. The molecule has 5 heteroatoms. The minimum Gasteiger partial charge on any atom is -0.370 e. The topological polar surface area (TPSA) is 88.8 Å². The Morgan fingerprint density at radius 2 is 1.42 bits per heavy atom. The van der Waals surface area contributed by atoms with Crippen molar-refractivity contribution in [2.24, 2.45) is 21.5 Å². The molecule has 5 N–H and O–H groups in total. The van der Waals surface area contributed by atoms with Crippen LogP contribution in [-0.2, 0) is 0 Å². The highest BCUT2D eigenvalue weighted by Crippen LogP contribution is 2.12. The first-order valence-corrected chi connectivity index (χ1v) is 5.79. The van der Waals surface area contributed by atoms with Gasteiger partial charge in [0.2, 0.25) is 5.96 Å². The SMILES string of the molecule is NC(N)=NC(=Nc1ccccc1)Nc1ccccc1. The normalized spacial score (nSPS) is 10.8. The first-order chi connectivity index (χ1) is 9.24. The lowest BCUT2D eigenvalue weighted by atomic mass is 10.3. The molecule has 0 bridgehead atoms. The van der Waals surface area contributed by atoms with Crippen LogP contribution in [0.15, 0.2) is 70.6 Å². The maximum atomic E-state index is 5.41. The Bertz CT molecular complexity index is 571. The van der Waals surface area contributed by atoms with Crippen molar-refractivity contribution in [3.63, 3.8) is 0 Å². The maximum Gasteiger partial charge on any atom is 0.230 e. The fourth-order valence-electron chi connectivity index (χ4n) is 1.48. The predicted octanol–water partition coefficient (Wildman–Crippen LogP) is 2.06. The Morgan fingerprint density at radius 1 is 0.842 bits per heavy atom. The number of nitrogens with two attached hydrogens (primary N) is 2. The number of guanidine groups is 2. The number of para-hydroxylation sites is 2. The van der Waals surface area contributed by atoms with Gasteiger partial charge in [-0.15, -0.1) is 0 Å². The van der Waals surface area contributed by atoms with Crippen molar-refractivity contribution in [2.75, 3.05) is 5.32 Å². The lowest BCUT2D eigenvalue weighted by Crippen LogP contribution is -2.26. The Kier molecular flexibility index (Phi) is 4.12. The number of hydrogen-bond acceptors (Lipinski definition) is 1. The van der Waals surface area contributed by atoms with E-state index in [2.05, 4.69) is 15.3 Å². The maximum absolute atomic E-state index is 5.41. The number of aliphatic imine (C=N–C) groups is 2. The molecule has 0 atom stereocenters. The summed E-state index contributed by atoms with van der Waals surface area (Å²) in [5, 5.41) is 3.06. The average molecular weight is 253 g/mol. The van der Waals surface area contributed by atoms with E-state index in [4.69, 9.17) is 11.5 Å². The van der Waals surface area contributed by atoms with E-state index >= 15 is 0 Å². The second-order valence-electron chi connectivity index (χ2n) is 3.80. The highest BCUT2D eigenvalue weighted by atomic mass is 15.2. The molecular formula is C14H15N5. The molecule has 0 amide bonds. The molecule has 0 aliphatic heterocycles. The molecule has 0 saturated carbocycles. The van der Waals surface area contributed by atoms with E-state index in [1.165, 1.54) is 0 Å². The van der Waals surface area contributed by atoms with Gasteiger partial charge in [-0.3, -0.25) is 0 Å². The van der Waals surface area contributed by atoms with Crippen molar-refractivity contribution in [3.05, 3.63) is 60.7 Å². The molecule has 0 aliphatic rings. The second-order valence-corrected chi connectivity index (χ2v) is 3.80. The molecule has 0 radical (unpaired) electrons. The van der Waals surface area contributed by atoms with E-state index in [-0.39, 0.29) is 5.96 Å². The van der Waals surface area contributed by atoms with Gasteiger partial charge in [0, 0.05) is 5.69 Å². The van der Waals surface area contributed by atoms with Crippen LogP contribution in [0.3, 0.4) is 0 Å². The molecule has 2 rings (SSSR count). The molecule has 19 heavy (non-hydrogen) atoms. The van der Waals surface area contributed by atoms with Gasteiger partial charge >= 0.3 is 0 Å². The summed E-state index contributed by atoms with van der Waals surface area (Å²) in [4.78, 5) is 8.33. The largest absolute Gasteiger partial charge is 0.370 e. The van der Waals surface area contributed by atoms with Crippen LogP contribution < -0.4 is 16.8 Å². The van der Waals surface area contributed by atoms with Crippen molar-refractivity contribution in [1.29, 1.82) is 0 Å². The third-order valence-corrected chi connectivity index (χ3v) is 2.26. The number of benzene rings is 2. The van der Waals surface area contributed by atoms with Crippen LogP contribution in [-0.4, -0.2) is 11.9 Å². The smallest absolute Gasteiger partial charge is 0.230 e. The second kappa shape index (κ2) is 6.20. The molecule has 0 heterocycles. The number of rotatable bonds is 2. The van der Waals surface area contributed by atoms with Crippen LogP contribution in [0.25, 0.3) is 0 Å². The lowest BCUT2D eigenvalue weighted by Gasteiger charge is -2.06. The minimum atomic E-state index is -0.0434. The first kappa shape index (κ1) is 12.6. The summed E-state index contributed by atoms with van der Waals surface area (Å²) in [5.41, 5.74) is 12.4. The quantitative estimate of drug-likeness (QED) is 0.565. The van der Waals surface area contributed by atoms with Crippen LogP contribution in [0.5, 0.6) is 0 Å². The Labute approximate surface area is 111 Å². The van der Waals surface area contributed by atoms with E-state index in [1.54, 1.807) is 0 Å². The van der Waals surface area contributed by atoms with Crippen molar-refractivity contribution in [3.8, 4) is 0 Å². The van der Waals surface area contributed by atoms with Crippen molar-refractivity contribution in [1.82, 2.24) is 0 Å². The minimum absolute atomic E-state index is 0.0434. The van der Waals surface area contributed by atoms with Gasteiger partial charge < -0.3 is 16.8 Å². The molecule has 0 spiro atoms. The summed E-state index contributed by atoms with van der Waals surface area (Å²) in [6.45, 7) is 0. The Morgan fingerprint density at radius 3 is 2.00 bits per heavy atom. The van der Waals surface area contributed by atoms with E-state index in [0.717, 1.165) is 11.4 Å². The van der Waals surface area contributed by atoms with Crippen LogP contribution >= 0.6 is 0 Å². The van der Waals surface area contributed by atoms with Crippen molar-refractivity contribution < 1.29 is 0 Å². The molecule has 0 aliphatic carbocycles. The van der Waals surface area contributed by atoms with Gasteiger partial charge in [-0.05, 0) is 24.3 Å². The Hall–Kier alpha value is -2.82. The number of anilines is 1. The highest BCUT2D eigenvalue weighted by Gasteiger charge is 1.99. The van der Waals surface area contributed by atoms with Crippen LogP contribution in [0, 0.1) is 0 Å². The van der Waals surface area contributed by atoms with Crippen molar-refractivity contribution in [2.45, 2.75) is 0 Å². The van der Waals surface area contributed by atoms with Gasteiger partial charge in [-0.25, -0.2) is 4.99 Å². The summed E-state index contributed by atoms with van der Waals surface area (Å²) in [6, 6.07) is 19.0. The third kappa shape index (κ3) is 4.16. The summed E-state index contributed by atoms with van der Waals surface area (Å²) in [7, 11) is 0. The van der Waals surface area contributed by atoms with Gasteiger partial charge in [0.15, 0.2) is 5.96 Å². The highest BCUT2D eigenvalue weighted by molar-refractivity contribution is 6.02. The molecule has 0 aromatic heterocycles. The zero-order valence-corrected chi connectivity index (χ0v) is 10.3. The molecule has 2 aromatic carbocycles. The summed E-state index contributed by atoms with van der Waals surface area (Å²) < 4.78 is 0. The molecule has 0 saturated heterocycles.